The van der Waals surface area contributed by atoms with Gasteiger partial charge in [0.2, 0.25) is 0 Å². The number of ether oxygens (including phenoxy) is 1. The number of hydrogen-bond donors (Lipinski definition) is 1. The van der Waals surface area contributed by atoms with E-state index in [9.17, 15) is 4.79 Å². The standard InChI is InChI=1S/C18H16N2O3/c1-22-15-8-3-2-7-14(15)18(21)20-12-13-6-4-10-19-17(13)16-9-5-11-23-16/h2-11H,12H2,1H3,(H,20,21). The third-order valence-electron chi connectivity index (χ3n) is 3.44. The van der Waals surface area contributed by atoms with Crippen molar-refractivity contribution < 1.29 is 13.9 Å². The first-order chi connectivity index (χ1) is 11.3. The molecule has 1 N–H and O–H groups in total. The van der Waals surface area contributed by atoms with Crippen molar-refractivity contribution in [2.75, 3.05) is 7.11 Å². The van der Waals surface area contributed by atoms with Crippen molar-refractivity contribution in [3.05, 3.63) is 72.1 Å². The lowest BCUT2D eigenvalue weighted by atomic mass is 10.1. The number of para-hydroxylation sites is 1. The lowest BCUT2D eigenvalue weighted by Crippen LogP contribution is -2.23. The van der Waals surface area contributed by atoms with Crippen molar-refractivity contribution in [1.82, 2.24) is 10.3 Å². The monoisotopic (exact) mass is 308 g/mol. The zero-order valence-corrected chi connectivity index (χ0v) is 12.7. The molecule has 0 fully saturated rings. The molecule has 3 rings (SSSR count). The summed E-state index contributed by atoms with van der Waals surface area (Å²) < 4.78 is 10.6. The first-order valence-corrected chi connectivity index (χ1v) is 7.18. The van der Waals surface area contributed by atoms with Gasteiger partial charge in [-0.05, 0) is 30.3 Å². The molecule has 0 saturated heterocycles. The Bertz CT molecular complexity index is 798. The summed E-state index contributed by atoms with van der Waals surface area (Å²) in [6.45, 7) is 0.348. The van der Waals surface area contributed by atoms with Gasteiger partial charge in [-0.3, -0.25) is 9.78 Å². The number of benzene rings is 1. The van der Waals surface area contributed by atoms with Crippen molar-refractivity contribution >= 4 is 5.91 Å². The summed E-state index contributed by atoms with van der Waals surface area (Å²) in [7, 11) is 1.54. The number of carbonyl (C=O) groups is 1. The molecule has 5 nitrogen and oxygen atoms in total. The Morgan fingerprint density at radius 2 is 2.04 bits per heavy atom. The van der Waals surface area contributed by atoms with E-state index in [2.05, 4.69) is 10.3 Å². The molecule has 1 amide bonds. The number of hydrogen-bond acceptors (Lipinski definition) is 4. The van der Waals surface area contributed by atoms with Crippen molar-refractivity contribution in [2.24, 2.45) is 0 Å². The van der Waals surface area contributed by atoms with Crippen LogP contribution in [0.3, 0.4) is 0 Å². The van der Waals surface area contributed by atoms with Crippen LogP contribution in [0.4, 0.5) is 0 Å². The molecule has 5 heteroatoms. The molecule has 0 unspecified atom stereocenters. The zero-order valence-electron chi connectivity index (χ0n) is 12.7. The van der Waals surface area contributed by atoms with Gasteiger partial charge in [-0.2, -0.15) is 0 Å². The summed E-state index contributed by atoms with van der Waals surface area (Å²) in [5, 5.41) is 2.89. The van der Waals surface area contributed by atoms with Gasteiger partial charge < -0.3 is 14.5 Å². The van der Waals surface area contributed by atoms with Crippen LogP contribution in [0.5, 0.6) is 5.75 Å². The number of nitrogens with zero attached hydrogens (tertiary/aromatic N) is 1. The van der Waals surface area contributed by atoms with Gasteiger partial charge in [0.25, 0.3) is 5.91 Å². The molecular formula is C18H16N2O3. The van der Waals surface area contributed by atoms with Gasteiger partial charge >= 0.3 is 0 Å². The Balaban J connectivity index is 1.78. The fourth-order valence-electron chi connectivity index (χ4n) is 2.32. The van der Waals surface area contributed by atoms with Crippen LogP contribution in [0, 0.1) is 0 Å². The molecule has 0 saturated carbocycles. The number of carbonyl (C=O) groups excluding carboxylic acids is 1. The maximum absolute atomic E-state index is 12.4. The van der Waals surface area contributed by atoms with Gasteiger partial charge in [0.1, 0.15) is 11.4 Å². The highest BCUT2D eigenvalue weighted by Gasteiger charge is 2.13. The number of nitrogens with one attached hydrogen (secondary N) is 1. The molecular weight excluding hydrogens is 292 g/mol. The highest BCUT2D eigenvalue weighted by atomic mass is 16.5. The van der Waals surface area contributed by atoms with E-state index < -0.39 is 0 Å². The van der Waals surface area contributed by atoms with Crippen LogP contribution in [0.2, 0.25) is 0 Å². The number of rotatable bonds is 5. The highest BCUT2D eigenvalue weighted by molar-refractivity contribution is 5.96. The molecule has 2 heterocycles. The van der Waals surface area contributed by atoms with E-state index in [-0.39, 0.29) is 5.91 Å². The van der Waals surface area contributed by atoms with Gasteiger partial charge in [-0.1, -0.05) is 18.2 Å². The molecule has 23 heavy (non-hydrogen) atoms. The van der Waals surface area contributed by atoms with Crippen molar-refractivity contribution in [2.45, 2.75) is 6.54 Å². The van der Waals surface area contributed by atoms with Crippen molar-refractivity contribution in [1.29, 1.82) is 0 Å². The highest BCUT2D eigenvalue weighted by Crippen LogP contribution is 2.22. The Labute approximate surface area is 133 Å². The van der Waals surface area contributed by atoms with E-state index in [1.54, 1.807) is 43.8 Å². The first kappa shape index (κ1) is 14.8. The second-order valence-corrected chi connectivity index (χ2v) is 4.87. The molecule has 3 aromatic rings. The predicted molar refractivity (Wildman–Crippen MR) is 86.1 cm³/mol. The summed E-state index contributed by atoms with van der Waals surface area (Å²) in [5.74, 6) is 1.02. The second-order valence-electron chi connectivity index (χ2n) is 4.87. The van der Waals surface area contributed by atoms with Crippen LogP contribution in [0.15, 0.2) is 65.4 Å². The van der Waals surface area contributed by atoms with E-state index in [0.29, 0.717) is 23.6 Å². The molecule has 0 aliphatic carbocycles. The van der Waals surface area contributed by atoms with Gasteiger partial charge in [-0.25, -0.2) is 0 Å². The third-order valence-corrected chi connectivity index (χ3v) is 3.44. The molecule has 0 radical (unpaired) electrons. The van der Waals surface area contributed by atoms with Crippen LogP contribution in [0.25, 0.3) is 11.5 Å². The van der Waals surface area contributed by atoms with E-state index in [1.165, 1.54) is 0 Å². The maximum Gasteiger partial charge on any atom is 0.255 e. The van der Waals surface area contributed by atoms with Crippen molar-refractivity contribution in [3.63, 3.8) is 0 Å². The topological polar surface area (TPSA) is 64.4 Å². The van der Waals surface area contributed by atoms with E-state index >= 15 is 0 Å². The van der Waals surface area contributed by atoms with Crippen LogP contribution >= 0.6 is 0 Å². The van der Waals surface area contributed by atoms with Crippen LogP contribution in [-0.2, 0) is 6.54 Å². The SMILES string of the molecule is COc1ccccc1C(=O)NCc1cccnc1-c1ccco1. The normalized spacial score (nSPS) is 10.3. The van der Waals surface area contributed by atoms with E-state index in [0.717, 1.165) is 11.3 Å². The van der Waals surface area contributed by atoms with E-state index in [1.807, 2.05) is 24.3 Å². The summed E-state index contributed by atoms with van der Waals surface area (Å²) in [4.78, 5) is 16.7. The molecule has 0 spiro atoms. The molecule has 1 aromatic carbocycles. The average Bonchev–Trinajstić information content (AvgIpc) is 3.14. The lowest BCUT2D eigenvalue weighted by Gasteiger charge is -2.10. The van der Waals surface area contributed by atoms with E-state index in [4.69, 9.17) is 9.15 Å². The quantitative estimate of drug-likeness (QED) is 0.785. The average molecular weight is 308 g/mol. The fourth-order valence-corrected chi connectivity index (χ4v) is 2.32. The lowest BCUT2D eigenvalue weighted by molar-refractivity contribution is 0.0948. The zero-order chi connectivity index (χ0) is 16.1. The Morgan fingerprint density at radius 1 is 1.17 bits per heavy atom. The fraction of sp³-hybridized carbons (Fsp3) is 0.111. The molecule has 0 aliphatic rings. The molecule has 0 aliphatic heterocycles. The summed E-state index contributed by atoms with van der Waals surface area (Å²) in [6, 6.07) is 14.5. The molecule has 116 valence electrons. The van der Waals surface area contributed by atoms with Gasteiger partial charge in [0.05, 0.1) is 18.9 Å². The number of methoxy groups -OCH3 is 1. The van der Waals surface area contributed by atoms with Crippen LogP contribution < -0.4 is 10.1 Å². The number of furan rings is 1. The summed E-state index contributed by atoms with van der Waals surface area (Å²) in [6.07, 6.45) is 3.30. The van der Waals surface area contributed by atoms with Gasteiger partial charge in [0, 0.05) is 18.3 Å². The smallest absolute Gasteiger partial charge is 0.255 e. The summed E-state index contributed by atoms with van der Waals surface area (Å²) >= 11 is 0. The van der Waals surface area contributed by atoms with Crippen LogP contribution in [0.1, 0.15) is 15.9 Å². The summed E-state index contributed by atoms with van der Waals surface area (Å²) in [5.41, 5.74) is 2.10. The number of pyridine rings is 1. The molecule has 0 atom stereocenters. The Morgan fingerprint density at radius 3 is 2.83 bits per heavy atom. The van der Waals surface area contributed by atoms with Gasteiger partial charge in [-0.15, -0.1) is 0 Å². The maximum atomic E-state index is 12.4. The minimum atomic E-state index is -0.198. The minimum Gasteiger partial charge on any atom is -0.496 e. The Kier molecular flexibility index (Phi) is 4.38. The molecule has 2 aromatic heterocycles. The largest absolute Gasteiger partial charge is 0.496 e. The number of amides is 1. The third kappa shape index (κ3) is 3.23. The molecule has 0 bridgehead atoms. The second kappa shape index (κ2) is 6.79. The minimum absolute atomic E-state index is 0.198. The first-order valence-electron chi connectivity index (χ1n) is 7.18. The number of aromatic nitrogens is 1. The van der Waals surface area contributed by atoms with Gasteiger partial charge in [0.15, 0.2) is 5.76 Å². The predicted octanol–water partition coefficient (Wildman–Crippen LogP) is 3.28. The Hall–Kier alpha value is -3.08. The van der Waals surface area contributed by atoms with Crippen LogP contribution in [-0.4, -0.2) is 18.0 Å². The van der Waals surface area contributed by atoms with Crippen molar-refractivity contribution in [3.8, 4) is 17.2 Å².